The Labute approximate surface area is 268 Å². The summed E-state index contributed by atoms with van der Waals surface area (Å²) >= 11 is 0. The normalized spacial score (nSPS) is 11.8. The summed E-state index contributed by atoms with van der Waals surface area (Å²) < 4.78 is 13.3. The quantitative estimate of drug-likeness (QED) is 0.152. The fourth-order valence-electron chi connectivity index (χ4n) is 5.83. The molecule has 2 aromatic heterocycles. The highest BCUT2D eigenvalue weighted by Gasteiger charge is 2.26. The van der Waals surface area contributed by atoms with Gasteiger partial charge in [0.05, 0.1) is 26.8 Å². The lowest BCUT2D eigenvalue weighted by molar-refractivity contribution is 0.0934. The molecule has 0 fully saturated rings. The lowest BCUT2D eigenvalue weighted by Gasteiger charge is -2.21. The molecular formula is C37H38N6O3. The number of fused-ring (bicyclic) bond motifs is 1. The van der Waals surface area contributed by atoms with Gasteiger partial charge in [-0.25, -0.2) is 0 Å². The van der Waals surface area contributed by atoms with E-state index in [0.29, 0.717) is 48.8 Å². The molecule has 46 heavy (non-hydrogen) atoms. The van der Waals surface area contributed by atoms with Gasteiger partial charge < -0.3 is 30.1 Å². The van der Waals surface area contributed by atoms with Crippen LogP contribution in [0.4, 0.5) is 0 Å². The predicted octanol–water partition coefficient (Wildman–Crippen LogP) is 5.78. The Morgan fingerprint density at radius 3 is 2.48 bits per heavy atom. The van der Waals surface area contributed by atoms with Crippen molar-refractivity contribution in [2.75, 3.05) is 14.2 Å². The number of methoxy groups -OCH3 is 2. The molecule has 0 bridgehead atoms. The van der Waals surface area contributed by atoms with Crippen LogP contribution < -0.4 is 20.5 Å². The molecule has 6 rings (SSSR count). The first-order valence-corrected chi connectivity index (χ1v) is 15.4. The van der Waals surface area contributed by atoms with Gasteiger partial charge in [-0.15, -0.1) is 10.2 Å². The Kier molecular flexibility index (Phi) is 9.40. The van der Waals surface area contributed by atoms with Crippen LogP contribution in [0.1, 0.15) is 50.3 Å². The second kappa shape index (κ2) is 14.1. The average Bonchev–Trinajstić information content (AvgIpc) is 3.71. The number of amides is 1. The van der Waals surface area contributed by atoms with Gasteiger partial charge in [0.25, 0.3) is 5.91 Å². The number of H-pyrrole nitrogens is 1. The largest absolute Gasteiger partial charge is 0.497 e. The van der Waals surface area contributed by atoms with Crippen LogP contribution in [-0.2, 0) is 32.4 Å². The van der Waals surface area contributed by atoms with Crippen molar-refractivity contribution in [3.63, 3.8) is 0 Å². The maximum absolute atomic E-state index is 13.8. The molecule has 0 spiro atoms. The van der Waals surface area contributed by atoms with E-state index in [9.17, 15) is 4.79 Å². The van der Waals surface area contributed by atoms with E-state index in [2.05, 4.69) is 33.1 Å². The lowest BCUT2D eigenvalue weighted by Crippen LogP contribution is -2.32. The summed E-state index contributed by atoms with van der Waals surface area (Å²) in [6, 6.07) is 31.2. The van der Waals surface area contributed by atoms with E-state index >= 15 is 0 Å². The van der Waals surface area contributed by atoms with Gasteiger partial charge in [-0.2, -0.15) is 0 Å². The summed E-state index contributed by atoms with van der Waals surface area (Å²) in [5, 5.41) is 13.9. The first-order valence-electron chi connectivity index (χ1n) is 15.4. The first-order chi connectivity index (χ1) is 22.6. The molecule has 1 atom stereocenters. The highest BCUT2D eigenvalue weighted by molar-refractivity contribution is 5.94. The van der Waals surface area contributed by atoms with Crippen molar-refractivity contribution in [1.29, 1.82) is 0 Å². The molecule has 0 aliphatic carbocycles. The zero-order valence-electron chi connectivity index (χ0n) is 26.1. The van der Waals surface area contributed by atoms with Gasteiger partial charge in [0, 0.05) is 53.7 Å². The van der Waals surface area contributed by atoms with E-state index in [-0.39, 0.29) is 5.91 Å². The number of aryl methyl sites for hydroxylation is 2. The highest BCUT2D eigenvalue weighted by atomic mass is 16.5. The Morgan fingerprint density at radius 1 is 0.870 bits per heavy atom. The molecule has 0 aliphatic rings. The number of nitrogens with two attached hydrogens (primary N) is 1. The molecule has 0 aliphatic heterocycles. The van der Waals surface area contributed by atoms with Gasteiger partial charge in [-0.3, -0.25) is 4.79 Å². The molecular weight excluding hydrogens is 576 g/mol. The molecule has 2 heterocycles. The second-order valence-corrected chi connectivity index (χ2v) is 11.2. The zero-order chi connectivity index (χ0) is 31.9. The number of nitrogens with zero attached hydrogens (tertiary/aromatic N) is 3. The van der Waals surface area contributed by atoms with Gasteiger partial charge in [-0.1, -0.05) is 60.7 Å². The molecule has 1 amide bonds. The average molecular weight is 615 g/mol. The van der Waals surface area contributed by atoms with E-state index in [1.54, 1.807) is 20.3 Å². The fraction of sp³-hybridized carbons (Fsp3) is 0.216. The van der Waals surface area contributed by atoms with E-state index in [4.69, 9.17) is 25.4 Å². The van der Waals surface area contributed by atoms with Crippen molar-refractivity contribution in [2.24, 2.45) is 5.73 Å². The SMILES string of the molecule is COc1ccc(Cn2c(CCc3ccccc3)nnc2C(Cc2c[nH]c3ccccc23)NC(=O)c2cccc(CN)c2)c(OC)c1. The van der Waals surface area contributed by atoms with Crippen molar-refractivity contribution in [2.45, 2.75) is 38.4 Å². The number of hydrogen-bond donors (Lipinski definition) is 3. The summed E-state index contributed by atoms with van der Waals surface area (Å²) in [7, 11) is 3.28. The topological polar surface area (TPSA) is 120 Å². The molecule has 0 saturated heterocycles. The van der Waals surface area contributed by atoms with Gasteiger partial charge >= 0.3 is 0 Å². The van der Waals surface area contributed by atoms with Crippen LogP contribution in [-0.4, -0.2) is 39.9 Å². The summed E-state index contributed by atoms with van der Waals surface area (Å²) in [6.45, 7) is 0.797. The molecule has 9 nitrogen and oxygen atoms in total. The zero-order valence-corrected chi connectivity index (χ0v) is 26.1. The van der Waals surface area contributed by atoms with Gasteiger partial charge in [0.1, 0.15) is 17.3 Å². The third-order valence-corrected chi connectivity index (χ3v) is 8.30. The predicted molar refractivity (Wildman–Crippen MR) is 179 cm³/mol. The smallest absolute Gasteiger partial charge is 0.251 e. The number of carbonyl (C=O) groups is 1. The van der Waals surface area contributed by atoms with Crippen LogP contribution in [0.25, 0.3) is 10.9 Å². The lowest BCUT2D eigenvalue weighted by atomic mass is 10.0. The molecule has 0 saturated carbocycles. The third kappa shape index (κ3) is 6.79. The molecule has 234 valence electrons. The Hall–Kier alpha value is -5.41. The van der Waals surface area contributed by atoms with Crippen LogP contribution in [0.2, 0.25) is 0 Å². The van der Waals surface area contributed by atoms with Gasteiger partial charge in [0.2, 0.25) is 0 Å². The number of nitrogens with one attached hydrogen (secondary N) is 2. The number of rotatable bonds is 13. The second-order valence-electron chi connectivity index (χ2n) is 11.2. The van der Waals surface area contributed by atoms with Crippen molar-refractivity contribution >= 4 is 16.8 Å². The molecule has 9 heteroatoms. The van der Waals surface area contributed by atoms with Gasteiger partial charge in [0.15, 0.2) is 5.82 Å². The van der Waals surface area contributed by atoms with Crippen molar-refractivity contribution < 1.29 is 14.3 Å². The number of aromatic nitrogens is 4. The Bertz CT molecular complexity index is 1930. The summed E-state index contributed by atoms with van der Waals surface area (Å²) in [4.78, 5) is 17.2. The molecule has 0 radical (unpaired) electrons. The van der Waals surface area contributed by atoms with Crippen LogP contribution in [0.5, 0.6) is 11.5 Å². The van der Waals surface area contributed by atoms with E-state index in [0.717, 1.165) is 39.8 Å². The number of para-hydroxylation sites is 1. The molecule has 4 aromatic carbocycles. The minimum atomic E-state index is -0.490. The summed E-state index contributed by atoms with van der Waals surface area (Å²) in [6.07, 6.45) is 3.97. The number of ether oxygens (including phenoxy) is 2. The van der Waals surface area contributed by atoms with Crippen LogP contribution in [0.15, 0.2) is 103 Å². The minimum Gasteiger partial charge on any atom is -0.497 e. The standard InChI is InChI=1S/C37H38N6O3/c1-45-30-17-16-28(34(21-30)46-2)24-43-35(18-15-25-9-4-3-5-10-25)41-42-36(43)33(20-29-23-39-32-14-7-6-13-31(29)32)40-37(44)27-12-8-11-26(19-27)22-38/h3-14,16-17,19,21,23,33,39H,15,18,20,22,24,38H2,1-2H3,(H,40,44). The number of carbonyl (C=O) groups excluding carboxylic acids is 1. The minimum absolute atomic E-state index is 0.206. The molecule has 4 N–H and O–H groups in total. The monoisotopic (exact) mass is 614 g/mol. The molecule has 6 aromatic rings. The summed E-state index contributed by atoms with van der Waals surface area (Å²) in [5.74, 6) is 2.68. The third-order valence-electron chi connectivity index (χ3n) is 8.30. The highest BCUT2D eigenvalue weighted by Crippen LogP contribution is 2.29. The van der Waals surface area contributed by atoms with E-state index in [1.807, 2.05) is 79.0 Å². The number of hydrogen-bond acceptors (Lipinski definition) is 6. The van der Waals surface area contributed by atoms with Crippen molar-refractivity contribution in [1.82, 2.24) is 25.1 Å². The maximum Gasteiger partial charge on any atom is 0.251 e. The Balaban J connectivity index is 1.42. The van der Waals surface area contributed by atoms with Crippen molar-refractivity contribution in [3.05, 3.63) is 143 Å². The number of benzene rings is 4. The van der Waals surface area contributed by atoms with Gasteiger partial charge in [-0.05, 0) is 53.4 Å². The van der Waals surface area contributed by atoms with Crippen LogP contribution in [0.3, 0.4) is 0 Å². The molecule has 1 unspecified atom stereocenters. The number of aromatic amines is 1. The van der Waals surface area contributed by atoms with Crippen LogP contribution >= 0.6 is 0 Å². The summed E-state index contributed by atoms with van der Waals surface area (Å²) in [5.41, 5.74) is 11.6. The van der Waals surface area contributed by atoms with Crippen LogP contribution in [0, 0.1) is 0 Å². The van der Waals surface area contributed by atoms with E-state index in [1.165, 1.54) is 5.56 Å². The fourth-order valence-corrected chi connectivity index (χ4v) is 5.83. The maximum atomic E-state index is 13.8. The van der Waals surface area contributed by atoms with Crippen molar-refractivity contribution in [3.8, 4) is 11.5 Å². The van der Waals surface area contributed by atoms with E-state index < -0.39 is 6.04 Å². The first kappa shape index (κ1) is 30.6. The Morgan fingerprint density at radius 2 is 1.67 bits per heavy atom.